The zero-order valence-corrected chi connectivity index (χ0v) is 12.0. The third kappa shape index (κ3) is 2.43. The number of nitrogens with zero attached hydrogens (tertiary/aromatic N) is 3. The lowest BCUT2D eigenvalue weighted by Gasteiger charge is -2.47. The van der Waals surface area contributed by atoms with Gasteiger partial charge in [-0.15, -0.1) is 0 Å². The number of piperidine rings is 1. The summed E-state index contributed by atoms with van der Waals surface area (Å²) in [5.41, 5.74) is 7.37. The minimum Gasteiger partial charge on any atom is -0.336 e. The van der Waals surface area contributed by atoms with Crippen LogP contribution in [0.5, 0.6) is 0 Å². The quantitative estimate of drug-likeness (QED) is 0.907. The molecule has 19 heavy (non-hydrogen) atoms. The van der Waals surface area contributed by atoms with Crippen molar-refractivity contribution in [2.24, 2.45) is 18.7 Å². The molecule has 106 valence electrons. The molecule has 0 spiro atoms. The Morgan fingerprint density at radius 1 is 1.32 bits per heavy atom. The smallest absolute Gasteiger partial charge is 0.0946 e. The fraction of sp³-hybridized carbons (Fsp3) is 0.800. The zero-order chi connectivity index (χ0) is 13.2. The van der Waals surface area contributed by atoms with E-state index in [0.717, 1.165) is 12.0 Å². The van der Waals surface area contributed by atoms with E-state index in [2.05, 4.69) is 21.5 Å². The fourth-order valence-corrected chi connectivity index (χ4v) is 4.16. The van der Waals surface area contributed by atoms with Gasteiger partial charge >= 0.3 is 0 Å². The first kappa shape index (κ1) is 13.1. The average molecular weight is 262 g/mol. The Kier molecular flexibility index (Phi) is 3.89. The first-order chi connectivity index (χ1) is 9.31. The highest BCUT2D eigenvalue weighted by molar-refractivity contribution is 5.08. The molecule has 0 bridgehead atoms. The van der Waals surface area contributed by atoms with Crippen LogP contribution in [0.2, 0.25) is 0 Å². The second-order valence-corrected chi connectivity index (χ2v) is 6.17. The van der Waals surface area contributed by atoms with Crippen molar-refractivity contribution >= 4 is 0 Å². The zero-order valence-electron chi connectivity index (χ0n) is 12.0. The molecule has 1 aliphatic carbocycles. The Labute approximate surface area is 116 Å². The number of fused-ring (bicyclic) bond motifs is 1. The van der Waals surface area contributed by atoms with Gasteiger partial charge < -0.3 is 10.3 Å². The SMILES string of the molecule is Cn1cncc1C(CN)N1CCC[C@H]2CCCC[C@H]21. The van der Waals surface area contributed by atoms with Crippen molar-refractivity contribution < 1.29 is 0 Å². The first-order valence-corrected chi connectivity index (χ1v) is 7.73. The molecule has 4 nitrogen and oxygen atoms in total. The summed E-state index contributed by atoms with van der Waals surface area (Å²) in [4.78, 5) is 6.96. The molecular weight excluding hydrogens is 236 g/mol. The maximum atomic E-state index is 6.10. The van der Waals surface area contributed by atoms with Crippen LogP contribution in [-0.4, -0.2) is 33.6 Å². The molecule has 2 aliphatic rings. The van der Waals surface area contributed by atoms with Gasteiger partial charge in [-0.2, -0.15) is 0 Å². The third-order valence-electron chi connectivity index (χ3n) is 5.11. The van der Waals surface area contributed by atoms with Crippen LogP contribution in [0, 0.1) is 5.92 Å². The number of hydrogen-bond acceptors (Lipinski definition) is 3. The van der Waals surface area contributed by atoms with Crippen molar-refractivity contribution in [2.45, 2.75) is 50.6 Å². The van der Waals surface area contributed by atoms with Crippen LogP contribution >= 0.6 is 0 Å². The minimum absolute atomic E-state index is 0.346. The lowest BCUT2D eigenvalue weighted by atomic mass is 9.77. The van der Waals surface area contributed by atoms with Gasteiger partial charge in [-0.3, -0.25) is 4.90 Å². The number of imidazole rings is 1. The number of hydrogen-bond donors (Lipinski definition) is 1. The molecule has 1 aromatic rings. The minimum atomic E-state index is 0.346. The van der Waals surface area contributed by atoms with Gasteiger partial charge in [0.15, 0.2) is 0 Å². The summed E-state index contributed by atoms with van der Waals surface area (Å²) in [6, 6.07) is 1.10. The lowest BCUT2D eigenvalue weighted by molar-refractivity contribution is 0.0254. The van der Waals surface area contributed by atoms with Crippen LogP contribution < -0.4 is 5.73 Å². The van der Waals surface area contributed by atoms with Gasteiger partial charge in [-0.05, 0) is 38.1 Å². The van der Waals surface area contributed by atoms with E-state index in [1.165, 1.54) is 50.8 Å². The largest absolute Gasteiger partial charge is 0.336 e. The number of rotatable bonds is 3. The maximum absolute atomic E-state index is 6.10. The van der Waals surface area contributed by atoms with Gasteiger partial charge in [-0.25, -0.2) is 4.98 Å². The van der Waals surface area contributed by atoms with Crippen molar-refractivity contribution in [1.29, 1.82) is 0 Å². The van der Waals surface area contributed by atoms with E-state index in [0.29, 0.717) is 12.6 Å². The van der Waals surface area contributed by atoms with Gasteiger partial charge in [0.05, 0.1) is 18.1 Å². The highest BCUT2D eigenvalue weighted by atomic mass is 15.2. The van der Waals surface area contributed by atoms with Crippen molar-refractivity contribution in [1.82, 2.24) is 14.5 Å². The summed E-state index contributed by atoms with van der Waals surface area (Å²) in [6.07, 6.45) is 12.2. The molecule has 0 amide bonds. The Hall–Kier alpha value is -0.870. The van der Waals surface area contributed by atoms with Gasteiger partial charge in [-0.1, -0.05) is 12.8 Å². The molecule has 3 atom stereocenters. The first-order valence-electron chi connectivity index (χ1n) is 7.73. The summed E-state index contributed by atoms with van der Waals surface area (Å²) in [5.74, 6) is 0.907. The fourth-order valence-electron chi connectivity index (χ4n) is 4.16. The molecule has 1 unspecified atom stereocenters. The van der Waals surface area contributed by atoms with Gasteiger partial charge in [0.1, 0.15) is 0 Å². The molecular formula is C15H26N4. The normalized spacial score (nSPS) is 30.0. The molecule has 2 fully saturated rings. The molecule has 2 N–H and O–H groups in total. The summed E-state index contributed by atoms with van der Waals surface area (Å²) in [6.45, 7) is 1.90. The molecule has 2 heterocycles. The van der Waals surface area contributed by atoms with E-state index >= 15 is 0 Å². The summed E-state index contributed by atoms with van der Waals surface area (Å²) in [5, 5.41) is 0. The van der Waals surface area contributed by atoms with Crippen molar-refractivity contribution in [3.8, 4) is 0 Å². The van der Waals surface area contributed by atoms with Crippen LogP contribution in [0.25, 0.3) is 0 Å². The second kappa shape index (κ2) is 5.63. The second-order valence-electron chi connectivity index (χ2n) is 6.17. The topological polar surface area (TPSA) is 47.1 Å². The maximum Gasteiger partial charge on any atom is 0.0946 e. The molecule has 1 aliphatic heterocycles. The summed E-state index contributed by atoms with van der Waals surface area (Å²) in [7, 11) is 2.08. The standard InChI is InChI=1S/C15H26N4/c1-18-11-17-10-15(18)14(9-16)19-8-4-6-12-5-2-3-7-13(12)19/h10-14H,2-9,16H2,1H3/t12-,13-,14?/m1/s1. The van der Waals surface area contributed by atoms with Gasteiger partial charge in [0.2, 0.25) is 0 Å². The van der Waals surface area contributed by atoms with Crippen LogP contribution in [0.3, 0.4) is 0 Å². The Morgan fingerprint density at radius 3 is 2.84 bits per heavy atom. The van der Waals surface area contributed by atoms with E-state index in [1.54, 1.807) is 0 Å². The number of likely N-dealkylation sites (tertiary alicyclic amines) is 1. The summed E-state index contributed by atoms with van der Waals surface area (Å²) >= 11 is 0. The van der Waals surface area contributed by atoms with Crippen molar-refractivity contribution in [3.63, 3.8) is 0 Å². The van der Waals surface area contributed by atoms with Gasteiger partial charge in [0.25, 0.3) is 0 Å². The molecule has 0 aromatic carbocycles. The van der Waals surface area contributed by atoms with Crippen LogP contribution in [0.15, 0.2) is 12.5 Å². The monoisotopic (exact) mass is 262 g/mol. The van der Waals surface area contributed by atoms with E-state index in [4.69, 9.17) is 5.73 Å². The highest BCUT2D eigenvalue weighted by Crippen LogP contribution is 2.39. The van der Waals surface area contributed by atoms with Crippen molar-refractivity contribution in [3.05, 3.63) is 18.2 Å². The Bertz CT molecular complexity index is 412. The average Bonchev–Trinajstić information content (AvgIpc) is 2.86. The van der Waals surface area contributed by atoms with E-state index in [9.17, 15) is 0 Å². The number of aryl methyl sites for hydroxylation is 1. The van der Waals surface area contributed by atoms with Gasteiger partial charge in [0, 0.05) is 25.8 Å². The summed E-state index contributed by atoms with van der Waals surface area (Å²) < 4.78 is 2.13. The molecule has 0 radical (unpaired) electrons. The molecule has 1 saturated heterocycles. The predicted molar refractivity (Wildman–Crippen MR) is 76.7 cm³/mol. The molecule has 1 saturated carbocycles. The molecule has 3 rings (SSSR count). The lowest BCUT2D eigenvalue weighted by Crippen LogP contribution is -2.50. The van der Waals surface area contributed by atoms with E-state index in [1.807, 2.05) is 12.5 Å². The van der Waals surface area contributed by atoms with Crippen LogP contribution in [-0.2, 0) is 7.05 Å². The number of nitrogens with two attached hydrogens (primary N) is 1. The molecule has 4 heteroatoms. The predicted octanol–water partition coefficient (Wildman–Crippen LogP) is 2.07. The highest BCUT2D eigenvalue weighted by Gasteiger charge is 2.37. The Morgan fingerprint density at radius 2 is 2.11 bits per heavy atom. The van der Waals surface area contributed by atoms with Crippen LogP contribution in [0.1, 0.15) is 50.3 Å². The van der Waals surface area contributed by atoms with Crippen LogP contribution in [0.4, 0.5) is 0 Å². The number of aromatic nitrogens is 2. The Balaban J connectivity index is 1.83. The third-order valence-corrected chi connectivity index (χ3v) is 5.11. The van der Waals surface area contributed by atoms with E-state index < -0.39 is 0 Å². The molecule has 1 aromatic heterocycles. The van der Waals surface area contributed by atoms with Crippen molar-refractivity contribution in [2.75, 3.05) is 13.1 Å². The van der Waals surface area contributed by atoms with E-state index in [-0.39, 0.29) is 0 Å².